The highest BCUT2D eigenvalue weighted by Crippen LogP contribution is 2.37. The Kier molecular flexibility index (Phi) is 7.05. The van der Waals surface area contributed by atoms with Crippen molar-refractivity contribution in [3.8, 4) is 16.9 Å². The smallest absolute Gasteiger partial charge is 0.406 e. The van der Waals surface area contributed by atoms with Gasteiger partial charge >= 0.3 is 6.36 Å². The lowest BCUT2D eigenvalue weighted by molar-refractivity contribution is -0.274. The predicted octanol–water partition coefficient (Wildman–Crippen LogP) is 8.75. The Hall–Kier alpha value is -3.15. The average Bonchev–Trinajstić information content (AvgIpc) is 2.79. The SMILES string of the molecule is CCCCCc1ccc(C2=Cc3ccc(-c4ccc(OC(F)(F)F)cc4)c(F)c3CC2)c(F)c1. The number of benzene rings is 3. The molecule has 0 spiro atoms. The Balaban J connectivity index is 1.57. The summed E-state index contributed by atoms with van der Waals surface area (Å²) in [6.45, 7) is 2.13. The van der Waals surface area contributed by atoms with Crippen LogP contribution in [-0.2, 0) is 12.8 Å². The first-order valence-corrected chi connectivity index (χ1v) is 11.4. The number of fused-ring (bicyclic) bond motifs is 1. The largest absolute Gasteiger partial charge is 0.573 e. The Morgan fingerprint density at radius 1 is 0.853 bits per heavy atom. The zero-order chi connectivity index (χ0) is 24.3. The van der Waals surface area contributed by atoms with Crippen molar-refractivity contribution in [2.45, 2.75) is 51.8 Å². The Labute approximate surface area is 195 Å². The Morgan fingerprint density at radius 3 is 2.26 bits per heavy atom. The van der Waals surface area contributed by atoms with Gasteiger partial charge in [-0.1, -0.05) is 62.2 Å². The molecule has 1 nitrogen and oxygen atoms in total. The van der Waals surface area contributed by atoms with Crippen molar-refractivity contribution in [3.05, 3.63) is 88.5 Å². The summed E-state index contributed by atoms with van der Waals surface area (Å²) in [5.41, 5.74) is 4.31. The molecule has 34 heavy (non-hydrogen) atoms. The van der Waals surface area contributed by atoms with E-state index in [0.717, 1.165) is 49.0 Å². The fourth-order valence-electron chi connectivity index (χ4n) is 4.37. The third-order valence-electron chi connectivity index (χ3n) is 6.10. The fourth-order valence-corrected chi connectivity index (χ4v) is 4.37. The molecule has 0 fully saturated rings. The summed E-state index contributed by atoms with van der Waals surface area (Å²) in [5.74, 6) is -1.04. The lowest BCUT2D eigenvalue weighted by Crippen LogP contribution is -2.16. The highest BCUT2D eigenvalue weighted by Gasteiger charge is 2.31. The second-order valence-electron chi connectivity index (χ2n) is 8.51. The normalized spacial score (nSPS) is 13.4. The third kappa shape index (κ3) is 5.49. The molecular weight excluding hydrogens is 447 g/mol. The lowest BCUT2D eigenvalue weighted by atomic mass is 9.86. The number of aryl methyl sites for hydroxylation is 1. The summed E-state index contributed by atoms with van der Waals surface area (Å²) in [5, 5.41) is 0. The van der Waals surface area contributed by atoms with Crippen LogP contribution < -0.4 is 4.74 Å². The van der Waals surface area contributed by atoms with Gasteiger partial charge in [-0.05, 0) is 71.7 Å². The third-order valence-corrected chi connectivity index (χ3v) is 6.10. The van der Waals surface area contributed by atoms with Gasteiger partial charge in [0.25, 0.3) is 0 Å². The van der Waals surface area contributed by atoms with Gasteiger partial charge in [0, 0.05) is 11.1 Å². The first kappa shape index (κ1) is 24.0. The van der Waals surface area contributed by atoms with Crippen LogP contribution in [0.2, 0.25) is 0 Å². The maximum Gasteiger partial charge on any atom is 0.573 e. The molecule has 3 aromatic carbocycles. The van der Waals surface area contributed by atoms with Gasteiger partial charge in [-0.2, -0.15) is 0 Å². The summed E-state index contributed by atoms with van der Waals surface area (Å²) in [7, 11) is 0. The monoisotopic (exact) mass is 472 g/mol. The second-order valence-corrected chi connectivity index (χ2v) is 8.51. The van der Waals surface area contributed by atoms with Crippen molar-refractivity contribution in [2.24, 2.45) is 0 Å². The second kappa shape index (κ2) is 10.00. The van der Waals surface area contributed by atoms with Crippen LogP contribution >= 0.6 is 0 Å². The molecule has 0 aromatic heterocycles. The predicted molar refractivity (Wildman–Crippen MR) is 124 cm³/mol. The molecule has 6 heteroatoms. The van der Waals surface area contributed by atoms with Crippen molar-refractivity contribution in [1.82, 2.24) is 0 Å². The number of hydrogen-bond acceptors (Lipinski definition) is 1. The van der Waals surface area contributed by atoms with Crippen LogP contribution in [0, 0.1) is 11.6 Å². The minimum Gasteiger partial charge on any atom is -0.406 e. The van der Waals surface area contributed by atoms with Crippen LogP contribution in [0.25, 0.3) is 22.8 Å². The summed E-state index contributed by atoms with van der Waals surface area (Å²) < 4.78 is 71.1. The van der Waals surface area contributed by atoms with Gasteiger partial charge in [-0.25, -0.2) is 8.78 Å². The van der Waals surface area contributed by atoms with Crippen molar-refractivity contribution < 1.29 is 26.7 Å². The van der Waals surface area contributed by atoms with Gasteiger partial charge in [0.1, 0.15) is 17.4 Å². The summed E-state index contributed by atoms with van der Waals surface area (Å²) in [6.07, 6.45) is 2.06. The molecule has 0 atom stereocenters. The molecule has 3 aromatic rings. The first-order valence-electron chi connectivity index (χ1n) is 11.4. The number of allylic oxidation sites excluding steroid dienone is 1. The van der Waals surface area contributed by atoms with Crippen molar-refractivity contribution in [2.75, 3.05) is 0 Å². The molecule has 0 bridgehead atoms. The molecule has 0 heterocycles. The van der Waals surface area contributed by atoms with E-state index < -0.39 is 12.2 Å². The molecule has 0 aliphatic heterocycles. The molecule has 0 unspecified atom stereocenters. The van der Waals surface area contributed by atoms with Crippen LogP contribution in [-0.4, -0.2) is 6.36 Å². The van der Waals surface area contributed by atoms with E-state index in [0.29, 0.717) is 40.7 Å². The average molecular weight is 472 g/mol. The number of ether oxygens (including phenoxy) is 1. The lowest BCUT2D eigenvalue weighted by Gasteiger charge is -2.20. The van der Waals surface area contributed by atoms with E-state index in [2.05, 4.69) is 11.7 Å². The van der Waals surface area contributed by atoms with Crippen LogP contribution in [0.1, 0.15) is 54.9 Å². The molecule has 178 valence electrons. The summed E-state index contributed by atoms with van der Waals surface area (Å²) in [6, 6.07) is 13.8. The van der Waals surface area contributed by atoms with E-state index in [1.165, 1.54) is 12.1 Å². The molecule has 1 aliphatic rings. The van der Waals surface area contributed by atoms with E-state index in [1.807, 2.05) is 18.2 Å². The number of halogens is 5. The van der Waals surface area contributed by atoms with E-state index in [9.17, 15) is 17.6 Å². The zero-order valence-electron chi connectivity index (χ0n) is 18.8. The van der Waals surface area contributed by atoms with E-state index in [-0.39, 0.29) is 11.6 Å². The van der Waals surface area contributed by atoms with Crippen LogP contribution in [0.5, 0.6) is 5.75 Å². The molecule has 0 saturated heterocycles. The Morgan fingerprint density at radius 2 is 1.59 bits per heavy atom. The van der Waals surface area contributed by atoms with E-state index in [1.54, 1.807) is 18.2 Å². The molecule has 0 N–H and O–H groups in total. The molecule has 0 radical (unpaired) electrons. The van der Waals surface area contributed by atoms with Crippen molar-refractivity contribution in [3.63, 3.8) is 0 Å². The summed E-state index contributed by atoms with van der Waals surface area (Å²) in [4.78, 5) is 0. The zero-order valence-corrected chi connectivity index (χ0v) is 18.8. The van der Waals surface area contributed by atoms with Gasteiger partial charge in [-0.3, -0.25) is 0 Å². The van der Waals surface area contributed by atoms with Gasteiger partial charge in [-0.15, -0.1) is 13.2 Å². The quantitative estimate of drug-likeness (QED) is 0.247. The Bertz CT molecular complexity index is 1190. The molecule has 4 rings (SSSR count). The van der Waals surface area contributed by atoms with Crippen LogP contribution in [0.4, 0.5) is 22.0 Å². The number of unbranched alkanes of at least 4 members (excludes halogenated alkanes) is 2. The summed E-state index contributed by atoms with van der Waals surface area (Å²) >= 11 is 0. The first-order chi connectivity index (χ1) is 16.2. The molecule has 0 saturated carbocycles. The highest BCUT2D eigenvalue weighted by molar-refractivity contribution is 5.85. The van der Waals surface area contributed by atoms with Gasteiger partial charge in [0.2, 0.25) is 0 Å². The van der Waals surface area contributed by atoms with Crippen LogP contribution in [0.3, 0.4) is 0 Å². The maximum atomic E-state index is 15.3. The standard InChI is InChI=1S/C28H25F5O/c1-2-3-4-5-18-6-13-23(26(29)16-18)20-9-15-25-21(17-20)10-14-24(27(25)30)19-7-11-22(12-8-19)34-28(31,32)33/h6-8,10-14,16-17H,2-5,9,15H2,1H3. The van der Waals surface area contributed by atoms with Gasteiger partial charge in [0.15, 0.2) is 0 Å². The van der Waals surface area contributed by atoms with Crippen molar-refractivity contribution >= 4 is 11.6 Å². The topological polar surface area (TPSA) is 9.23 Å². The van der Waals surface area contributed by atoms with E-state index >= 15 is 4.39 Å². The number of alkyl halides is 3. The minimum absolute atomic E-state index is 0.262. The molecule has 1 aliphatic carbocycles. The maximum absolute atomic E-state index is 15.3. The number of rotatable bonds is 7. The number of hydrogen-bond donors (Lipinski definition) is 0. The fraction of sp³-hybridized carbons (Fsp3) is 0.286. The van der Waals surface area contributed by atoms with Gasteiger partial charge in [0.05, 0.1) is 0 Å². The van der Waals surface area contributed by atoms with E-state index in [4.69, 9.17) is 0 Å². The molecule has 0 amide bonds. The van der Waals surface area contributed by atoms with Gasteiger partial charge < -0.3 is 4.74 Å². The van der Waals surface area contributed by atoms with Crippen LogP contribution in [0.15, 0.2) is 54.6 Å². The minimum atomic E-state index is -4.78. The highest BCUT2D eigenvalue weighted by atomic mass is 19.4. The van der Waals surface area contributed by atoms with Crippen molar-refractivity contribution in [1.29, 1.82) is 0 Å². The molecular formula is C28H25F5O.